The molecule has 2 rings (SSSR count). The highest BCUT2D eigenvalue weighted by molar-refractivity contribution is 5.92. The first-order valence-electron chi connectivity index (χ1n) is 7.60. The minimum Gasteiger partial charge on any atom is -0.329 e. The van der Waals surface area contributed by atoms with Gasteiger partial charge in [-0.05, 0) is 37.6 Å². The van der Waals surface area contributed by atoms with Crippen LogP contribution in [0.4, 0.5) is 10.1 Å². The summed E-state index contributed by atoms with van der Waals surface area (Å²) >= 11 is 0. The Morgan fingerprint density at radius 3 is 2.71 bits per heavy atom. The molecule has 0 heterocycles. The van der Waals surface area contributed by atoms with E-state index in [1.54, 1.807) is 12.1 Å². The molecular formula is C16H24FN3O. The number of benzene rings is 1. The Balaban J connectivity index is 1.99. The molecule has 0 aliphatic heterocycles. The van der Waals surface area contributed by atoms with E-state index in [1.165, 1.54) is 25.0 Å². The molecule has 0 aromatic heterocycles. The summed E-state index contributed by atoms with van der Waals surface area (Å²) in [5, 5.41) is 2.75. The number of nitrogens with zero attached hydrogens (tertiary/aromatic N) is 1. The number of likely N-dealkylation sites (N-methyl/N-ethyl adjacent to an activating group) is 1. The molecule has 0 radical (unpaired) electrons. The smallest absolute Gasteiger partial charge is 0.238 e. The molecule has 0 spiro atoms. The summed E-state index contributed by atoms with van der Waals surface area (Å²) in [6.45, 7) is 3.71. The van der Waals surface area contributed by atoms with Gasteiger partial charge in [-0.15, -0.1) is 0 Å². The first kappa shape index (κ1) is 15.9. The van der Waals surface area contributed by atoms with Crippen molar-refractivity contribution < 1.29 is 9.18 Å². The van der Waals surface area contributed by atoms with Gasteiger partial charge >= 0.3 is 0 Å². The molecule has 4 nitrogen and oxygen atoms in total. The Morgan fingerprint density at radius 1 is 1.43 bits per heavy atom. The average molecular weight is 293 g/mol. The second-order valence-corrected chi connectivity index (χ2v) is 5.71. The molecule has 5 heteroatoms. The standard InChI is InChI=1S/C16H24FN3O/c1-2-20(16(12-18)8-3-4-9-16)11-15(21)19-14-7-5-6-13(17)10-14/h5-7,10H,2-4,8-9,11-12,18H2,1H3,(H,19,21). The van der Waals surface area contributed by atoms with Gasteiger partial charge in [0.25, 0.3) is 0 Å². The predicted molar refractivity (Wildman–Crippen MR) is 82.5 cm³/mol. The van der Waals surface area contributed by atoms with E-state index in [4.69, 9.17) is 5.73 Å². The lowest BCUT2D eigenvalue weighted by molar-refractivity contribution is -0.118. The maximum absolute atomic E-state index is 13.1. The maximum atomic E-state index is 13.1. The van der Waals surface area contributed by atoms with Gasteiger partial charge in [-0.3, -0.25) is 9.69 Å². The molecule has 0 atom stereocenters. The number of amides is 1. The SMILES string of the molecule is CCN(CC(=O)Nc1cccc(F)c1)C1(CN)CCCC1. The molecule has 1 amide bonds. The summed E-state index contributed by atoms with van der Waals surface area (Å²) in [7, 11) is 0. The number of rotatable bonds is 6. The number of anilines is 1. The van der Waals surface area contributed by atoms with Crippen LogP contribution < -0.4 is 11.1 Å². The molecular weight excluding hydrogens is 269 g/mol. The van der Waals surface area contributed by atoms with E-state index < -0.39 is 0 Å². The highest BCUT2D eigenvalue weighted by atomic mass is 19.1. The van der Waals surface area contributed by atoms with Crippen LogP contribution in [0.3, 0.4) is 0 Å². The van der Waals surface area contributed by atoms with Gasteiger partial charge in [0.05, 0.1) is 6.54 Å². The molecule has 1 saturated carbocycles. The molecule has 0 saturated heterocycles. The summed E-state index contributed by atoms with van der Waals surface area (Å²) in [5.41, 5.74) is 6.41. The number of carbonyl (C=O) groups excluding carboxylic acids is 1. The largest absolute Gasteiger partial charge is 0.329 e. The molecule has 3 N–H and O–H groups in total. The first-order chi connectivity index (χ1) is 10.1. The molecule has 1 aliphatic rings. The summed E-state index contributed by atoms with van der Waals surface area (Å²) in [4.78, 5) is 14.4. The van der Waals surface area contributed by atoms with Gasteiger partial charge in [-0.25, -0.2) is 4.39 Å². The number of carbonyl (C=O) groups is 1. The molecule has 1 aliphatic carbocycles. The van der Waals surface area contributed by atoms with Gasteiger partial charge in [0, 0.05) is 17.8 Å². The Bertz CT molecular complexity index is 486. The van der Waals surface area contributed by atoms with E-state index in [2.05, 4.69) is 10.2 Å². The van der Waals surface area contributed by atoms with Gasteiger partial charge in [0.15, 0.2) is 0 Å². The normalized spacial score (nSPS) is 17.1. The van der Waals surface area contributed by atoms with Crippen molar-refractivity contribution >= 4 is 11.6 Å². The van der Waals surface area contributed by atoms with E-state index in [9.17, 15) is 9.18 Å². The lowest BCUT2D eigenvalue weighted by atomic mass is 9.95. The summed E-state index contributed by atoms with van der Waals surface area (Å²) in [5.74, 6) is -0.475. The van der Waals surface area contributed by atoms with E-state index in [1.807, 2.05) is 6.92 Å². The molecule has 1 fully saturated rings. The Hall–Kier alpha value is -1.46. The zero-order chi connectivity index (χ0) is 15.3. The van der Waals surface area contributed by atoms with Gasteiger partial charge in [0.2, 0.25) is 5.91 Å². The van der Waals surface area contributed by atoms with Crippen molar-refractivity contribution in [2.45, 2.75) is 38.1 Å². The third-order valence-corrected chi connectivity index (χ3v) is 4.41. The quantitative estimate of drug-likeness (QED) is 0.846. The predicted octanol–water partition coefficient (Wildman–Crippen LogP) is 2.36. The van der Waals surface area contributed by atoms with Crippen LogP contribution >= 0.6 is 0 Å². The summed E-state index contributed by atoms with van der Waals surface area (Å²) in [6, 6.07) is 5.95. The van der Waals surface area contributed by atoms with Crippen LogP contribution in [0, 0.1) is 5.82 Å². The van der Waals surface area contributed by atoms with Gasteiger partial charge in [-0.1, -0.05) is 25.8 Å². The van der Waals surface area contributed by atoms with Crippen molar-refractivity contribution in [2.75, 3.05) is 25.0 Å². The molecule has 1 aromatic carbocycles. The molecule has 1 aromatic rings. The minimum absolute atomic E-state index is 0.0476. The second kappa shape index (κ2) is 7.00. The van der Waals surface area contributed by atoms with E-state index in [-0.39, 0.29) is 17.3 Å². The van der Waals surface area contributed by atoms with E-state index >= 15 is 0 Å². The zero-order valence-corrected chi connectivity index (χ0v) is 12.6. The van der Waals surface area contributed by atoms with E-state index in [0.717, 1.165) is 19.4 Å². The fourth-order valence-corrected chi connectivity index (χ4v) is 3.24. The fraction of sp³-hybridized carbons (Fsp3) is 0.562. The van der Waals surface area contributed by atoms with Crippen molar-refractivity contribution in [3.63, 3.8) is 0 Å². The van der Waals surface area contributed by atoms with Crippen molar-refractivity contribution in [2.24, 2.45) is 5.73 Å². The molecule has 0 unspecified atom stereocenters. The topological polar surface area (TPSA) is 58.4 Å². The molecule has 21 heavy (non-hydrogen) atoms. The second-order valence-electron chi connectivity index (χ2n) is 5.71. The van der Waals surface area contributed by atoms with Gasteiger partial charge in [-0.2, -0.15) is 0 Å². The van der Waals surface area contributed by atoms with Crippen LogP contribution in [0.1, 0.15) is 32.6 Å². The fourth-order valence-electron chi connectivity index (χ4n) is 3.24. The summed E-state index contributed by atoms with van der Waals surface area (Å²) in [6.07, 6.45) is 4.42. The zero-order valence-electron chi connectivity index (χ0n) is 12.6. The van der Waals surface area contributed by atoms with Crippen LogP contribution in [-0.2, 0) is 4.79 Å². The number of hydrogen-bond acceptors (Lipinski definition) is 3. The minimum atomic E-state index is -0.352. The molecule has 116 valence electrons. The van der Waals surface area contributed by atoms with Crippen LogP contribution in [0.5, 0.6) is 0 Å². The third kappa shape index (κ3) is 3.80. The maximum Gasteiger partial charge on any atom is 0.238 e. The lowest BCUT2D eigenvalue weighted by Crippen LogP contribution is -2.54. The first-order valence-corrected chi connectivity index (χ1v) is 7.60. The number of nitrogens with one attached hydrogen (secondary N) is 1. The Morgan fingerprint density at radius 2 is 2.14 bits per heavy atom. The summed E-state index contributed by atoms with van der Waals surface area (Å²) < 4.78 is 13.1. The van der Waals surface area contributed by atoms with E-state index in [0.29, 0.717) is 18.8 Å². The Labute approximate surface area is 125 Å². The highest BCUT2D eigenvalue weighted by Gasteiger charge is 2.38. The average Bonchev–Trinajstić information content (AvgIpc) is 2.94. The number of halogens is 1. The van der Waals surface area contributed by atoms with Crippen molar-refractivity contribution in [3.8, 4) is 0 Å². The van der Waals surface area contributed by atoms with Gasteiger partial charge < -0.3 is 11.1 Å². The van der Waals surface area contributed by atoms with Crippen LogP contribution in [0.25, 0.3) is 0 Å². The van der Waals surface area contributed by atoms with Crippen LogP contribution in [-0.4, -0.2) is 36.0 Å². The highest BCUT2D eigenvalue weighted by Crippen LogP contribution is 2.34. The monoisotopic (exact) mass is 293 g/mol. The van der Waals surface area contributed by atoms with Crippen LogP contribution in [0.15, 0.2) is 24.3 Å². The number of hydrogen-bond donors (Lipinski definition) is 2. The third-order valence-electron chi connectivity index (χ3n) is 4.41. The number of nitrogens with two attached hydrogens (primary N) is 1. The molecule has 0 bridgehead atoms. The lowest BCUT2D eigenvalue weighted by Gasteiger charge is -2.39. The Kier molecular flexibility index (Phi) is 5.31. The van der Waals surface area contributed by atoms with Crippen LogP contribution in [0.2, 0.25) is 0 Å². The van der Waals surface area contributed by atoms with Crippen molar-refractivity contribution in [1.29, 1.82) is 0 Å². The van der Waals surface area contributed by atoms with Crippen molar-refractivity contribution in [1.82, 2.24) is 4.90 Å². The van der Waals surface area contributed by atoms with Crippen molar-refractivity contribution in [3.05, 3.63) is 30.1 Å². The van der Waals surface area contributed by atoms with Gasteiger partial charge in [0.1, 0.15) is 5.82 Å².